The van der Waals surface area contributed by atoms with Crippen molar-refractivity contribution in [2.24, 2.45) is 0 Å². The summed E-state index contributed by atoms with van der Waals surface area (Å²) in [6.45, 7) is 5.44. The molecule has 0 radical (unpaired) electrons. The van der Waals surface area contributed by atoms with Gasteiger partial charge in [-0.3, -0.25) is 9.59 Å². The van der Waals surface area contributed by atoms with E-state index >= 15 is 0 Å². The summed E-state index contributed by atoms with van der Waals surface area (Å²) in [4.78, 5) is 28.4. The van der Waals surface area contributed by atoms with E-state index in [9.17, 15) is 9.59 Å². The third-order valence-corrected chi connectivity index (χ3v) is 4.05. The zero-order valence-corrected chi connectivity index (χ0v) is 16.6. The zero-order chi connectivity index (χ0) is 20.8. The van der Waals surface area contributed by atoms with Crippen LogP contribution in [0.4, 0.5) is 17.2 Å². The number of benzene rings is 2. The number of carbonyl (C=O) groups excluding carboxylic acids is 2. The topological polar surface area (TPSA) is 80.3 Å². The van der Waals surface area contributed by atoms with Gasteiger partial charge in [0.2, 0.25) is 0 Å². The minimum atomic E-state index is -0.245. The number of carbonyl (C=O) groups is 2. The van der Waals surface area contributed by atoms with Gasteiger partial charge in [0.05, 0.1) is 6.10 Å². The van der Waals surface area contributed by atoms with Gasteiger partial charge in [0.1, 0.15) is 11.6 Å². The molecule has 0 saturated heterocycles. The Balaban J connectivity index is 1.69. The van der Waals surface area contributed by atoms with Crippen molar-refractivity contribution in [3.8, 4) is 5.75 Å². The summed E-state index contributed by atoms with van der Waals surface area (Å²) in [5.74, 6) is 1.00. The summed E-state index contributed by atoms with van der Waals surface area (Å²) in [5.41, 5.74) is 2.47. The number of ketones is 1. The number of hydrogen-bond donors (Lipinski definition) is 2. The fourth-order valence-electron chi connectivity index (χ4n) is 2.70. The molecule has 0 spiro atoms. The molecular weight excluding hydrogens is 366 g/mol. The van der Waals surface area contributed by atoms with E-state index in [2.05, 4.69) is 15.6 Å². The number of ether oxygens (including phenoxy) is 1. The molecule has 0 atom stereocenters. The number of nitrogens with zero attached hydrogens (tertiary/aromatic N) is 1. The van der Waals surface area contributed by atoms with Crippen LogP contribution in [0.5, 0.6) is 5.75 Å². The third kappa shape index (κ3) is 5.65. The predicted octanol–water partition coefficient (Wildman–Crippen LogP) is 5.07. The van der Waals surface area contributed by atoms with Gasteiger partial charge in [0.25, 0.3) is 5.91 Å². The number of amides is 1. The molecule has 1 heterocycles. The molecule has 6 nitrogen and oxygen atoms in total. The summed E-state index contributed by atoms with van der Waals surface area (Å²) < 4.78 is 5.60. The maximum atomic E-state index is 12.6. The van der Waals surface area contributed by atoms with Gasteiger partial charge in [-0.1, -0.05) is 12.1 Å². The SMILES string of the molecule is CC(=O)c1cccc(Nc2cc(C(=O)Nc3ccc(OC(C)C)cc3)ccn2)c1. The molecule has 3 aromatic rings. The molecule has 0 fully saturated rings. The smallest absolute Gasteiger partial charge is 0.255 e. The standard InChI is InChI=1S/C23H23N3O3/c1-15(2)29-21-9-7-19(8-10-21)26-23(28)18-11-12-24-22(14-18)25-20-6-4-5-17(13-20)16(3)27/h4-15H,1-3H3,(H,24,25)(H,26,28). The fourth-order valence-corrected chi connectivity index (χ4v) is 2.70. The van der Waals surface area contributed by atoms with E-state index in [1.165, 1.54) is 6.92 Å². The molecular formula is C23H23N3O3. The number of hydrogen-bond acceptors (Lipinski definition) is 5. The van der Waals surface area contributed by atoms with E-state index in [0.717, 1.165) is 11.4 Å². The molecule has 2 aromatic carbocycles. The Morgan fingerprint density at radius 3 is 2.38 bits per heavy atom. The number of anilines is 3. The average Bonchev–Trinajstić information content (AvgIpc) is 2.69. The lowest BCUT2D eigenvalue weighted by molar-refractivity contribution is 0.101. The Morgan fingerprint density at radius 1 is 0.931 bits per heavy atom. The van der Waals surface area contributed by atoms with Gasteiger partial charge in [-0.2, -0.15) is 0 Å². The van der Waals surface area contributed by atoms with Gasteiger partial charge < -0.3 is 15.4 Å². The second kappa shape index (κ2) is 9.01. The first kappa shape index (κ1) is 20.1. The van der Waals surface area contributed by atoms with Crippen LogP contribution in [-0.4, -0.2) is 22.8 Å². The van der Waals surface area contributed by atoms with E-state index < -0.39 is 0 Å². The van der Waals surface area contributed by atoms with E-state index in [0.29, 0.717) is 22.6 Å². The van der Waals surface area contributed by atoms with Crippen LogP contribution in [0.15, 0.2) is 66.9 Å². The highest BCUT2D eigenvalue weighted by molar-refractivity contribution is 6.04. The van der Waals surface area contributed by atoms with Crippen molar-refractivity contribution in [2.45, 2.75) is 26.9 Å². The van der Waals surface area contributed by atoms with Crippen molar-refractivity contribution >= 4 is 28.9 Å². The van der Waals surface area contributed by atoms with Gasteiger partial charge in [-0.05, 0) is 69.3 Å². The van der Waals surface area contributed by atoms with Crippen molar-refractivity contribution < 1.29 is 14.3 Å². The molecule has 0 bridgehead atoms. The van der Waals surface area contributed by atoms with Gasteiger partial charge in [0.15, 0.2) is 5.78 Å². The second-order valence-electron chi connectivity index (χ2n) is 6.84. The number of pyridine rings is 1. The van der Waals surface area contributed by atoms with Crippen molar-refractivity contribution in [2.75, 3.05) is 10.6 Å². The molecule has 1 amide bonds. The lowest BCUT2D eigenvalue weighted by Crippen LogP contribution is -2.12. The maximum Gasteiger partial charge on any atom is 0.255 e. The highest BCUT2D eigenvalue weighted by Crippen LogP contribution is 2.20. The minimum absolute atomic E-state index is 0.0143. The van der Waals surface area contributed by atoms with Crippen LogP contribution in [-0.2, 0) is 0 Å². The van der Waals surface area contributed by atoms with Crippen LogP contribution in [0.1, 0.15) is 41.5 Å². The Bertz CT molecular complexity index is 1010. The Kier molecular flexibility index (Phi) is 6.24. The summed E-state index contributed by atoms with van der Waals surface area (Å²) in [7, 11) is 0. The van der Waals surface area contributed by atoms with Crippen molar-refractivity contribution in [3.05, 3.63) is 78.0 Å². The summed E-state index contributed by atoms with van der Waals surface area (Å²) >= 11 is 0. The predicted molar refractivity (Wildman–Crippen MR) is 114 cm³/mol. The Hall–Kier alpha value is -3.67. The van der Waals surface area contributed by atoms with E-state index in [1.54, 1.807) is 48.7 Å². The lowest BCUT2D eigenvalue weighted by Gasteiger charge is -2.11. The van der Waals surface area contributed by atoms with Crippen LogP contribution < -0.4 is 15.4 Å². The van der Waals surface area contributed by atoms with Gasteiger partial charge >= 0.3 is 0 Å². The molecule has 6 heteroatoms. The molecule has 1 aromatic heterocycles. The van der Waals surface area contributed by atoms with Gasteiger partial charge in [-0.15, -0.1) is 0 Å². The van der Waals surface area contributed by atoms with E-state index in [1.807, 2.05) is 32.0 Å². The Morgan fingerprint density at radius 2 is 1.69 bits per heavy atom. The number of rotatable bonds is 7. The van der Waals surface area contributed by atoms with Gasteiger partial charge in [-0.25, -0.2) is 4.98 Å². The Labute approximate surface area is 169 Å². The molecule has 0 saturated carbocycles. The first-order valence-corrected chi connectivity index (χ1v) is 9.33. The highest BCUT2D eigenvalue weighted by Gasteiger charge is 2.09. The first-order chi connectivity index (χ1) is 13.9. The first-order valence-electron chi connectivity index (χ1n) is 9.33. The fraction of sp³-hybridized carbons (Fsp3) is 0.174. The molecule has 148 valence electrons. The summed E-state index contributed by atoms with van der Waals surface area (Å²) in [5, 5.41) is 5.98. The van der Waals surface area contributed by atoms with Crippen molar-refractivity contribution in [1.29, 1.82) is 0 Å². The maximum absolute atomic E-state index is 12.6. The quantitative estimate of drug-likeness (QED) is 0.552. The number of aromatic nitrogens is 1. The summed E-state index contributed by atoms with van der Waals surface area (Å²) in [6.07, 6.45) is 1.65. The van der Waals surface area contributed by atoms with E-state index in [-0.39, 0.29) is 17.8 Å². The minimum Gasteiger partial charge on any atom is -0.491 e. The molecule has 0 unspecified atom stereocenters. The van der Waals surface area contributed by atoms with Crippen LogP contribution >= 0.6 is 0 Å². The second-order valence-corrected chi connectivity index (χ2v) is 6.84. The molecule has 0 aliphatic rings. The normalized spacial score (nSPS) is 10.5. The van der Waals surface area contributed by atoms with E-state index in [4.69, 9.17) is 4.74 Å². The van der Waals surface area contributed by atoms with Gasteiger partial charge in [0, 0.05) is 28.7 Å². The largest absolute Gasteiger partial charge is 0.491 e. The molecule has 0 aliphatic heterocycles. The average molecular weight is 389 g/mol. The number of nitrogens with one attached hydrogen (secondary N) is 2. The zero-order valence-electron chi connectivity index (χ0n) is 16.6. The van der Waals surface area contributed by atoms with Crippen molar-refractivity contribution in [1.82, 2.24) is 4.98 Å². The molecule has 0 aliphatic carbocycles. The summed E-state index contributed by atoms with van der Waals surface area (Å²) in [6, 6.07) is 17.7. The monoisotopic (exact) mass is 389 g/mol. The highest BCUT2D eigenvalue weighted by atomic mass is 16.5. The third-order valence-electron chi connectivity index (χ3n) is 4.05. The lowest BCUT2D eigenvalue weighted by atomic mass is 10.1. The molecule has 2 N–H and O–H groups in total. The molecule has 3 rings (SSSR count). The van der Waals surface area contributed by atoms with Crippen LogP contribution in [0.25, 0.3) is 0 Å². The van der Waals surface area contributed by atoms with Crippen LogP contribution in [0.2, 0.25) is 0 Å². The van der Waals surface area contributed by atoms with Crippen LogP contribution in [0, 0.1) is 0 Å². The van der Waals surface area contributed by atoms with Crippen molar-refractivity contribution in [3.63, 3.8) is 0 Å². The van der Waals surface area contributed by atoms with Crippen LogP contribution in [0.3, 0.4) is 0 Å². The number of Topliss-reactive ketones (excluding diaryl/α,β-unsaturated/α-hetero) is 1. The molecule has 29 heavy (non-hydrogen) atoms.